The van der Waals surface area contributed by atoms with Gasteiger partial charge in [0.1, 0.15) is 0 Å². The van der Waals surface area contributed by atoms with Crippen molar-refractivity contribution >= 4 is 27.6 Å². The standard InChI is InChI=1S/C15H19ClN2O.C7H8O3S/c1-10-14(11-6-8-18(10)9-7-11)17-15(19)12-2-4-13(16)5-3-12;1-6-2-4-7(5-3-6)11(8,9)10/h2-5,10-11,14H,6-9H2,1H3,(H,17,19);2-5H,1H3,(H,8,9,10)/t10-,14-;/m0./s1. The van der Waals surface area contributed by atoms with Gasteiger partial charge >= 0.3 is 0 Å². The second kappa shape index (κ2) is 9.47. The van der Waals surface area contributed by atoms with Gasteiger partial charge in [-0.05, 0) is 82.1 Å². The molecule has 3 heterocycles. The van der Waals surface area contributed by atoms with Crippen LogP contribution < -0.4 is 5.32 Å². The number of nitrogens with one attached hydrogen (secondary N) is 1. The molecule has 0 spiro atoms. The van der Waals surface area contributed by atoms with E-state index in [4.69, 9.17) is 16.2 Å². The molecule has 30 heavy (non-hydrogen) atoms. The maximum atomic E-state index is 12.3. The summed E-state index contributed by atoms with van der Waals surface area (Å²) >= 11 is 5.84. The van der Waals surface area contributed by atoms with E-state index in [0.717, 1.165) is 5.56 Å². The normalized spacial score (nSPS) is 25.2. The third kappa shape index (κ3) is 5.60. The highest BCUT2D eigenvalue weighted by atomic mass is 35.5. The molecule has 2 N–H and O–H groups in total. The number of fused-ring (bicyclic) bond motifs is 3. The highest BCUT2D eigenvalue weighted by Gasteiger charge is 2.40. The van der Waals surface area contributed by atoms with E-state index >= 15 is 0 Å². The lowest BCUT2D eigenvalue weighted by Gasteiger charge is -2.49. The van der Waals surface area contributed by atoms with E-state index in [9.17, 15) is 13.2 Å². The molecule has 1 amide bonds. The van der Waals surface area contributed by atoms with Crippen LogP contribution in [0, 0.1) is 12.8 Å². The van der Waals surface area contributed by atoms with Gasteiger partial charge in [-0.3, -0.25) is 14.2 Å². The second-order valence-corrected chi connectivity index (χ2v) is 9.77. The molecule has 3 aliphatic heterocycles. The van der Waals surface area contributed by atoms with Gasteiger partial charge in [0.15, 0.2) is 0 Å². The van der Waals surface area contributed by atoms with E-state index in [0.29, 0.717) is 22.5 Å². The number of carbonyl (C=O) groups excluding carboxylic acids is 1. The number of amides is 1. The van der Waals surface area contributed by atoms with Gasteiger partial charge in [0, 0.05) is 22.7 Å². The maximum absolute atomic E-state index is 12.3. The summed E-state index contributed by atoms with van der Waals surface area (Å²) in [5, 5.41) is 3.87. The fourth-order valence-electron chi connectivity index (χ4n) is 4.09. The van der Waals surface area contributed by atoms with E-state index in [1.54, 1.807) is 36.4 Å². The Hall–Kier alpha value is -1.93. The first-order valence-electron chi connectivity index (χ1n) is 10.00. The van der Waals surface area contributed by atoms with Gasteiger partial charge in [-0.25, -0.2) is 0 Å². The first kappa shape index (κ1) is 22.7. The number of piperidine rings is 3. The highest BCUT2D eigenvalue weighted by molar-refractivity contribution is 7.85. The molecule has 2 atom stereocenters. The van der Waals surface area contributed by atoms with Crippen molar-refractivity contribution in [1.82, 2.24) is 10.2 Å². The Morgan fingerprint density at radius 1 is 1.07 bits per heavy atom. The predicted molar refractivity (Wildman–Crippen MR) is 117 cm³/mol. The molecule has 3 aliphatic rings. The molecular formula is C22H27ClN2O4S. The minimum Gasteiger partial charge on any atom is -0.347 e. The largest absolute Gasteiger partial charge is 0.347 e. The molecule has 3 fully saturated rings. The molecule has 3 saturated heterocycles. The van der Waals surface area contributed by atoms with Crippen molar-refractivity contribution in [3.63, 3.8) is 0 Å². The van der Waals surface area contributed by atoms with Gasteiger partial charge in [0.2, 0.25) is 0 Å². The Morgan fingerprint density at radius 3 is 2.13 bits per heavy atom. The van der Waals surface area contributed by atoms with Crippen molar-refractivity contribution in [2.45, 2.75) is 43.7 Å². The lowest BCUT2D eigenvalue weighted by Crippen LogP contribution is -2.62. The zero-order valence-electron chi connectivity index (χ0n) is 17.1. The summed E-state index contributed by atoms with van der Waals surface area (Å²) in [6, 6.07) is 13.8. The van der Waals surface area contributed by atoms with Crippen LogP contribution in [0.25, 0.3) is 0 Å². The van der Waals surface area contributed by atoms with Crippen LogP contribution in [-0.2, 0) is 10.1 Å². The quantitative estimate of drug-likeness (QED) is 0.694. The number of hydrogen-bond acceptors (Lipinski definition) is 4. The molecule has 0 aromatic heterocycles. The van der Waals surface area contributed by atoms with Crippen LogP contribution >= 0.6 is 11.6 Å². The van der Waals surface area contributed by atoms with Crippen LogP contribution in [0.3, 0.4) is 0 Å². The number of benzene rings is 2. The SMILES string of the molecule is C[C@H]1[C@H](NC(=O)c2ccc(Cl)cc2)C2CCN1CC2.Cc1ccc(S(=O)(=O)O)cc1. The molecule has 6 nitrogen and oxygen atoms in total. The summed E-state index contributed by atoms with van der Waals surface area (Å²) in [6.45, 7) is 6.42. The van der Waals surface area contributed by atoms with Crippen molar-refractivity contribution < 1.29 is 17.8 Å². The van der Waals surface area contributed by atoms with Crippen LogP contribution in [0.1, 0.15) is 35.7 Å². The van der Waals surface area contributed by atoms with E-state index in [1.165, 1.54) is 38.1 Å². The van der Waals surface area contributed by atoms with Gasteiger partial charge in [-0.1, -0.05) is 29.3 Å². The van der Waals surface area contributed by atoms with Gasteiger partial charge in [-0.2, -0.15) is 8.42 Å². The van der Waals surface area contributed by atoms with Crippen LogP contribution in [0.4, 0.5) is 0 Å². The Morgan fingerprint density at radius 2 is 1.63 bits per heavy atom. The Labute approximate surface area is 183 Å². The molecule has 0 aliphatic carbocycles. The summed E-state index contributed by atoms with van der Waals surface area (Å²) in [4.78, 5) is 14.7. The first-order chi connectivity index (χ1) is 14.1. The van der Waals surface area contributed by atoms with Crippen molar-refractivity contribution in [2.75, 3.05) is 13.1 Å². The van der Waals surface area contributed by atoms with Crippen LogP contribution in [0.15, 0.2) is 53.4 Å². The van der Waals surface area contributed by atoms with E-state index < -0.39 is 10.1 Å². The lowest BCUT2D eigenvalue weighted by atomic mass is 9.79. The molecule has 5 rings (SSSR count). The molecule has 162 valence electrons. The monoisotopic (exact) mass is 450 g/mol. The number of hydrogen-bond donors (Lipinski definition) is 2. The van der Waals surface area contributed by atoms with E-state index in [1.807, 2.05) is 6.92 Å². The molecule has 0 unspecified atom stereocenters. The molecule has 0 saturated carbocycles. The third-order valence-electron chi connectivity index (χ3n) is 5.90. The minimum absolute atomic E-state index is 0.0160. The van der Waals surface area contributed by atoms with Gasteiger partial charge in [0.25, 0.3) is 16.0 Å². The summed E-state index contributed by atoms with van der Waals surface area (Å²) in [5.74, 6) is 0.651. The fraction of sp³-hybridized carbons (Fsp3) is 0.409. The molecular weight excluding hydrogens is 424 g/mol. The number of halogens is 1. The van der Waals surface area contributed by atoms with Crippen LogP contribution in [-0.4, -0.2) is 49.0 Å². The average molecular weight is 451 g/mol. The van der Waals surface area contributed by atoms with Crippen LogP contribution in [0.5, 0.6) is 0 Å². The number of rotatable bonds is 3. The molecule has 2 aromatic rings. The average Bonchev–Trinajstić information content (AvgIpc) is 2.71. The zero-order valence-corrected chi connectivity index (χ0v) is 18.7. The van der Waals surface area contributed by atoms with E-state index in [2.05, 4.69) is 17.1 Å². The Kier molecular flexibility index (Phi) is 7.18. The summed E-state index contributed by atoms with van der Waals surface area (Å²) in [6.07, 6.45) is 2.41. The first-order valence-corrected chi connectivity index (χ1v) is 11.8. The van der Waals surface area contributed by atoms with Crippen molar-refractivity contribution in [1.29, 1.82) is 0 Å². The summed E-state index contributed by atoms with van der Waals surface area (Å²) < 4.78 is 29.6. The predicted octanol–water partition coefficient (Wildman–Crippen LogP) is 3.79. The molecule has 0 radical (unpaired) electrons. The van der Waals surface area contributed by atoms with Gasteiger partial charge in [-0.15, -0.1) is 0 Å². The number of nitrogens with zero attached hydrogens (tertiary/aromatic N) is 1. The minimum atomic E-state index is -4.02. The van der Waals surface area contributed by atoms with Crippen molar-refractivity contribution in [2.24, 2.45) is 5.92 Å². The molecule has 8 heteroatoms. The lowest BCUT2D eigenvalue weighted by molar-refractivity contribution is 0.0217. The fourth-order valence-corrected chi connectivity index (χ4v) is 4.70. The Balaban J connectivity index is 0.000000199. The van der Waals surface area contributed by atoms with E-state index in [-0.39, 0.29) is 16.8 Å². The molecule has 2 bridgehead atoms. The smallest absolute Gasteiger partial charge is 0.294 e. The zero-order chi connectivity index (χ0) is 21.9. The highest BCUT2D eigenvalue weighted by Crippen LogP contribution is 2.32. The summed E-state index contributed by atoms with van der Waals surface area (Å²) in [5.41, 5.74) is 1.64. The second-order valence-electron chi connectivity index (χ2n) is 7.91. The maximum Gasteiger partial charge on any atom is 0.294 e. The third-order valence-corrected chi connectivity index (χ3v) is 7.02. The van der Waals surface area contributed by atoms with Crippen molar-refractivity contribution in [3.05, 3.63) is 64.7 Å². The van der Waals surface area contributed by atoms with Crippen molar-refractivity contribution in [3.8, 4) is 0 Å². The number of aryl methyl sites for hydroxylation is 1. The van der Waals surface area contributed by atoms with Gasteiger partial charge in [0.05, 0.1) is 4.90 Å². The van der Waals surface area contributed by atoms with Crippen LogP contribution in [0.2, 0.25) is 5.02 Å². The number of carbonyl (C=O) groups is 1. The topological polar surface area (TPSA) is 86.7 Å². The molecule has 2 aromatic carbocycles. The van der Waals surface area contributed by atoms with Gasteiger partial charge < -0.3 is 5.32 Å². The summed E-state index contributed by atoms with van der Waals surface area (Å²) in [7, 11) is -4.02. The Bertz CT molecular complexity index is 967.